The zero-order valence-electron chi connectivity index (χ0n) is 19.9. The third-order valence-corrected chi connectivity index (χ3v) is 8.89. The summed E-state index contributed by atoms with van der Waals surface area (Å²) in [7, 11) is -3.78. The van der Waals surface area contributed by atoms with Gasteiger partial charge in [-0.15, -0.1) is 0 Å². The number of fused-ring (bicyclic) bond motifs is 1. The summed E-state index contributed by atoms with van der Waals surface area (Å²) in [6.07, 6.45) is 2.43. The van der Waals surface area contributed by atoms with Crippen LogP contribution in [0.25, 0.3) is 0 Å². The number of rotatable bonds is 6. The minimum Gasteiger partial charge on any atom is -0.349 e. The highest BCUT2D eigenvalue weighted by atomic mass is 32.2. The van der Waals surface area contributed by atoms with Gasteiger partial charge in [-0.05, 0) is 61.6 Å². The molecule has 0 aromatic heterocycles. The maximum Gasteiger partial charge on any atom is 0.264 e. The largest absolute Gasteiger partial charge is 0.349 e. The van der Waals surface area contributed by atoms with Crippen LogP contribution in [0.5, 0.6) is 0 Å². The predicted molar refractivity (Wildman–Crippen MR) is 138 cm³/mol. The van der Waals surface area contributed by atoms with Gasteiger partial charge in [-0.3, -0.25) is 14.0 Å². The lowest BCUT2D eigenvalue weighted by Gasteiger charge is -2.32. The summed E-state index contributed by atoms with van der Waals surface area (Å²) in [5, 5.41) is 3.12. The standard InChI is InChI=1S/C28H31N3O3S/c1-21-18-23-10-5-6-13-27(23)31(21)35(33,34)26-12-7-11-24(19-26)28(32)29-25-14-16-30(17-15-25)20-22-8-3-2-4-9-22/h2-13,19,21,25H,14-18,20H2,1H3,(H,29,32)/t21-/m0/s1. The van der Waals surface area contributed by atoms with Crippen LogP contribution in [0.15, 0.2) is 83.8 Å². The number of benzene rings is 3. The molecular weight excluding hydrogens is 458 g/mol. The molecule has 0 bridgehead atoms. The molecule has 2 aliphatic rings. The fourth-order valence-electron chi connectivity index (χ4n) is 5.16. The van der Waals surface area contributed by atoms with Crippen molar-refractivity contribution in [2.24, 2.45) is 0 Å². The number of nitrogens with zero attached hydrogens (tertiary/aromatic N) is 2. The Bertz CT molecular complexity index is 1300. The molecule has 3 aromatic rings. The van der Waals surface area contributed by atoms with Crippen LogP contribution in [0.3, 0.4) is 0 Å². The van der Waals surface area contributed by atoms with Gasteiger partial charge in [0, 0.05) is 37.3 Å². The maximum absolute atomic E-state index is 13.5. The van der Waals surface area contributed by atoms with Crippen molar-refractivity contribution < 1.29 is 13.2 Å². The lowest BCUT2D eigenvalue weighted by atomic mass is 10.0. The summed E-state index contributed by atoms with van der Waals surface area (Å²) in [6, 6.07) is 24.3. The number of piperidine rings is 1. The molecule has 5 rings (SSSR count). The molecule has 0 spiro atoms. The van der Waals surface area contributed by atoms with Crippen molar-refractivity contribution in [3.05, 3.63) is 95.6 Å². The Hall–Kier alpha value is -3.16. The fraction of sp³-hybridized carbons (Fsp3) is 0.321. The minimum absolute atomic E-state index is 0.0836. The van der Waals surface area contributed by atoms with Crippen molar-refractivity contribution in [2.75, 3.05) is 17.4 Å². The van der Waals surface area contributed by atoms with Crippen LogP contribution in [-0.2, 0) is 23.0 Å². The highest BCUT2D eigenvalue weighted by Crippen LogP contribution is 2.36. The first kappa shape index (κ1) is 23.6. The average Bonchev–Trinajstić information content (AvgIpc) is 3.22. The summed E-state index contributed by atoms with van der Waals surface area (Å²) in [4.78, 5) is 15.6. The Kier molecular flexibility index (Phi) is 6.62. The van der Waals surface area contributed by atoms with Crippen LogP contribution >= 0.6 is 0 Å². The predicted octanol–water partition coefficient (Wildman–Crippen LogP) is 4.22. The van der Waals surface area contributed by atoms with Crippen LogP contribution in [0.2, 0.25) is 0 Å². The summed E-state index contributed by atoms with van der Waals surface area (Å²) >= 11 is 0. The van der Waals surface area contributed by atoms with Crippen molar-refractivity contribution in [1.29, 1.82) is 0 Å². The van der Waals surface area contributed by atoms with Gasteiger partial charge in [0.15, 0.2) is 0 Å². The minimum atomic E-state index is -3.78. The number of carbonyl (C=O) groups excluding carboxylic acids is 1. The number of para-hydroxylation sites is 1. The maximum atomic E-state index is 13.5. The Morgan fingerprint density at radius 3 is 2.43 bits per heavy atom. The molecule has 3 aromatic carbocycles. The number of hydrogen-bond acceptors (Lipinski definition) is 4. The molecule has 0 saturated carbocycles. The van der Waals surface area contributed by atoms with Gasteiger partial charge >= 0.3 is 0 Å². The molecule has 2 heterocycles. The second kappa shape index (κ2) is 9.84. The molecule has 1 saturated heterocycles. The second-order valence-corrected chi connectivity index (χ2v) is 11.3. The van der Waals surface area contributed by atoms with Crippen molar-refractivity contribution >= 4 is 21.6 Å². The van der Waals surface area contributed by atoms with Crippen molar-refractivity contribution in [1.82, 2.24) is 10.2 Å². The van der Waals surface area contributed by atoms with E-state index in [9.17, 15) is 13.2 Å². The molecule has 2 aliphatic heterocycles. The highest BCUT2D eigenvalue weighted by molar-refractivity contribution is 7.92. The SMILES string of the molecule is C[C@H]1Cc2ccccc2N1S(=O)(=O)c1cccc(C(=O)NC2CCN(Cc3ccccc3)CC2)c1. The normalized spacial score (nSPS) is 18.9. The van der Waals surface area contributed by atoms with Crippen molar-refractivity contribution in [3.8, 4) is 0 Å². The van der Waals surface area contributed by atoms with Crippen LogP contribution < -0.4 is 9.62 Å². The van der Waals surface area contributed by atoms with Gasteiger partial charge in [0.25, 0.3) is 15.9 Å². The second-order valence-electron chi connectivity index (χ2n) is 9.52. The number of carbonyl (C=O) groups is 1. The van der Waals surface area contributed by atoms with Crippen LogP contribution in [0.1, 0.15) is 41.3 Å². The van der Waals surface area contributed by atoms with E-state index in [1.807, 2.05) is 37.3 Å². The third kappa shape index (κ3) is 4.97. The van der Waals surface area contributed by atoms with Gasteiger partial charge in [0.05, 0.1) is 10.6 Å². The molecular formula is C28H31N3O3S. The molecule has 182 valence electrons. The Morgan fingerprint density at radius 1 is 0.943 bits per heavy atom. The number of sulfonamides is 1. The number of hydrogen-bond donors (Lipinski definition) is 1. The monoisotopic (exact) mass is 489 g/mol. The van der Waals surface area contributed by atoms with E-state index in [1.54, 1.807) is 18.2 Å². The van der Waals surface area contributed by atoms with E-state index >= 15 is 0 Å². The van der Waals surface area contributed by atoms with E-state index in [4.69, 9.17) is 0 Å². The van der Waals surface area contributed by atoms with Crippen LogP contribution in [-0.4, -0.2) is 44.4 Å². The van der Waals surface area contributed by atoms with Crippen LogP contribution in [0, 0.1) is 0 Å². The lowest BCUT2D eigenvalue weighted by molar-refractivity contribution is 0.0908. The first-order valence-electron chi connectivity index (χ1n) is 12.2. The van der Waals surface area contributed by atoms with Crippen molar-refractivity contribution in [3.63, 3.8) is 0 Å². The number of amides is 1. The zero-order chi connectivity index (χ0) is 24.4. The third-order valence-electron chi connectivity index (χ3n) is 6.97. The summed E-state index contributed by atoms with van der Waals surface area (Å²) in [5.41, 5.74) is 3.41. The Labute approximate surface area is 207 Å². The van der Waals surface area contributed by atoms with E-state index in [0.717, 1.165) is 43.7 Å². The van der Waals surface area contributed by atoms with Crippen molar-refractivity contribution in [2.45, 2.75) is 49.7 Å². The van der Waals surface area contributed by atoms with E-state index in [2.05, 4.69) is 34.5 Å². The summed E-state index contributed by atoms with van der Waals surface area (Å²) in [5.74, 6) is -0.224. The van der Waals surface area contributed by atoms with Gasteiger partial charge in [0.1, 0.15) is 0 Å². The quantitative estimate of drug-likeness (QED) is 0.563. The first-order valence-corrected chi connectivity index (χ1v) is 13.7. The topological polar surface area (TPSA) is 69.7 Å². The zero-order valence-corrected chi connectivity index (χ0v) is 20.7. The highest BCUT2D eigenvalue weighted by Gasteiger charge is 2.36. The van der Waals surface area contributed by atoms with Gasteiger partial charge in [-0.1, -0.05) is 54.6 Å². The first-order chi connectivity index (χ1) is 16.9. The van der Waals surface area contributed by atoms with Gasteiger partial charge in [-0.2, -0.15) is 0 Å². The molecule has 6 nitrogen and oxygen atoms in total. The Balaban J connectivity index is 1.24. The molecule has 0 radical (unpaired) electrons. The molecule has 1 atom stereocenters. The molecule has 1 fully saturated rings. The molecule has 1 amide bonds. The van der Waals surface area contributed by atoms with Gasteiger partial charge in [-0.25, -0.2) is 8.42 Å². The number of anilines is 1. The summed E-state index contributed by atoms with van der Waals surface area (Å²) in [6.45, 7) is 4.67. The van der Waals surface area contributed by atoms with E-state index in [0.29, 0.717) is 12.0 Å². The smallest absolute Gasteiger partial charge is 0.264 e. The molecule has 1 N–H and O–H groups in total. The molecule has 0 aliphatic carbocycles. The van der Waals surface area contributed by atoms with E-state index in [-0.39, 0.29) is 22.9 Å². The van der Waals surface area contributed by atoms with Crippen LogP contribution in [0.4, 0.5) is 5.69 Å². The Morgan fingerprint density at radius 2 is 1.66 bits per heavy atom. The van der Waals surface area contributed by atoms with Gasteiger partial charge < -0.3 is 5.32 Å². The number of nitrogens with one attached hydrogen (secondary N) is 1. The number of likely N-dealkylation sites (tertiary alicyclic amines) is 1. The molecule has 0 unspecified atom stereocenters. The molecule has 7 heteroatoms. The fourth-order valence-corrected chi connectivity index (χ4v) is 6.90. The lowest BCUT2D eigenvalue weighted by Crippen LogP contribution is -2.44. The van der Waals surface area contributed by atoms with Gasteiger partial charge in [0.2, 0.25) is 0 Å². The molecule has 35 heavy (non-hydrogen) atoms. The average molecular weight is 490 g/mol. The van der Waals surface area contributed by atoms with E-state index < -0.39 is 10.0 Å². The summed E-state index contributed by atoms with van der Waals surface area (Å²) < 4.78 is 28.6. The van der Waals surface area contributed by atoms with E-state index in [1.165, 1.54) is 15.9 Å².